The third kappa shape index (κ3) is 7.10. The van der Waals surface area contributed by atoms with Gasteiger partial charge < -0.3 is 25.0 Å². The number of nitrogens with one attached hydrogen (secondary N) is 2. The number of hydrogen-bond acceptors (Lipinski definition) is 8. The Hall–Kier alpha value is -3.33. The van der Waals surface area contributed by atoms with Crippen molar-refractivity contribution in [1.29, 1.82) is 0 Å². The molecule has 1 fully saturated rings. The molecule has 1 aromatic heterocycles. The van der Waals surface area contributed by atoms with Gasteiger partial charge in [0.05, 0.1) is 28.6 Å². The third-order valence-corrected chi connectivity index (χ3v) is 6.04. The largest absolute Gasteiger partial charge is 0.453 e. The summed E-state index contributed by atoms with van der Waals surface area (Å²) in [6.07, 6.45) is -1.04. The molecule has 1 saturated heterocycles. The number of alkyl carbamates (subject to hydrolysis) is 1. The number of rotatable bonds is 9. The van der Waals surface area contributed by atoms with Gasteiger partial charge >= 0.3 is 12.7 Å². The summed E-state index contributed by atoms with van der Waals surface area (Å²) in [5, 5.41) is 4.92. The zero-order valence-corrected chi connectivity index (χ0v) is 20.3. The average Bonchev–Trinajstić information content (AvgIpc) is 3.31. The van der Waals surface area contributed by atoms with Gasteiger partial charge in [0, 0.05) is 18.8 Å². The normalized spacial score (nSPS) is 14.4. The number of halogens is 3. The number of nitrogens with zero attached hydrogens (tertiary/aromatic N) is 2. The highest BCUT2D eigenvalue weighted by atomic mass is 35.5. The molecule has 0 spiro atoms. The smallest absolute Gasteiger partial charge is 0.407 e. The summed E-state index contributed by atoms with van der Waals surface area (Å²) < 4.78 is 36.4. The van der Waals surface area contributed by atoms with E-state index < -0.39 is 37.1 Å². The van der Waals surface area contributed by atoms with Crippen LogP contribution in [0.2, 0.25) is 4.34 Å². The molecule has 0 radical (unpaired) electrons. The van der Waals surface area contributed by atoms with Gasteiger partial charge in [0.15, 0.2) is 0 Å². The zero-order chi connectivity index (χ0) is 26.2. The lowest BCUT2D eigenvalue weighted by molar-refractivity contribution is -0.160. The Morgan fingerprint density at radius 1 is 1.22 bits per heavy atom. The summed E-state index contributed by atoms with van der Waals surface area (Å²) in [7, 11) is 1.04. The van der Waals surface area contributed by atoms with Crippen LogP contribution in [-0.2, 0) is 23.9 Å². The van der Waals surface area contributed by atoms with Crippen LogP contribution in [0.1, 0.15) is 9.67 Å². The van der Waals surface area contributed by atoms with Crippen molar-refractivity contribution in [2.24, 2.45) is 0 Å². The molecule has 4 amide bonds. The van der Waals surface area contributed by atoms with Crippen LogP contribution in [0.5, 0.6) is 0 Å². The van der Waals surface area contributed by atoms with Crippen LogP contribution in [0.25, 0.3) is 0 Å². The molecule has 0 bridgehead atoms. The highest BCUT2D eigenvalue weighted by molar-refractivity contribution is 7.18. The van der Waals surface area contributed by atoms with Gasteiger partial charge in [-0.3, -0.25) is 14.4 Å². The number of carbonyl (C=O) groups excluding carboxylic acids is 4. The van der Waals surface area contributed by atoms with Gasteiger partial charge in [0.2, 0.25) is 0 Å². The number of methoxy groups -OCH3 is 1. The van der Waals surface area contributed by atoms with Crippen molar-refractivity contribution in [2.75, 3.05) is 43.4 Å². The van der Waals surface area contributed by atoms with E-state index in [0.29, 0.717) is 28.2 Å². The number of anilines is 2. The van der Waals surface area contributed by atoms with Crippen molar-refractivity contribution in [2.45, 2.75) is 12.7 Å². The van der Waals surface area contributed by atoms with Crippen molar-refractivity contribution in [3.63, 3.8) is 0 Å². The van der Waals surface area contributed by atoms with Gasteiger partial charge in [-0.05, 0) is 36.4 Å². The van der Waals surface area contributed by atoms with Gasteiger partial charge in [0.25, 0.3) is 17.7 Å². The second-order valence-electron chi connectivity index (χ2n) is 7.12. The number of carbonyl (C=O) groups is 4. The Balaban J connectivity index is 1.80. The molecule has 1 atom stereocenters. The Labute approximate surface area is 212 Å². The lowest BCUT2D eigenvalue weighted by Crippen LogP contribution is -2.54. The SMILES string of the molecule is COC(=O)N[C@@H](CNC(=O)c1ccc(Cl)s1)C(=O)N(OC(F)F)c1ccc(N2CCOCC2=O)cc1. The summed E-state index contributed by atoms with van der Waals surface area (Å²) in [5.41, 5.74) is 0.348. The molecule has 1 aromatic carbocycles. The summed E-state index contributed by atoms with van der Waals surface area (Å²) in [6, 6.07) is 6.88. The van der Waals surface area contributed by atoms with Crippen molar-refractivity contribution in [1.82, 2.24) is 10.6 Å². The van der Waals surface area contributed by atoms with E-state index in [4.69, 9.17) is 16.3 Å². The Kier molecular flexibility index (Phi) is 9.52. The molecule has 1 aliphatic rings. The van der Waals surface area contributed by atoms with Gasteiger partial charge in [-0.2, -0.15) is 18.7 Å². The first-order valence-corrected chi connectivity index (χ1v) is 11.5. The Morgan fingerprint density at radius 2 is 1.94 bits per heavy atom. The minimum atomic E-state index is -3.39. The molecule has 0 unspecified atom stereocenters. The molecule has 2 aromatic rings. The van der Waals surface area contributed by atoms with Crippen LogP contribution in [-0.4, -0.2) is 69.9 Å². The van der Waals surface area contributed by atoms with Crippen LogP contribution in [0.3, 0.4) is 0 Å². The highest BCUT2D eigenvalue weighted by Crippen LogP contribution is 2.24. The van der Waals surface area contributed by atoms with E-state index in [1.165, 1.54) is 41.3 Å². The minimum absolute atomic E-state index is 0.0921. The van der Waals surface area contributed by atoms with Crippen molar-refractivity contribution in [3.8, 4) is 0 Å². The van der Waals surface area contributed by atoms with Crippen LogP contribution >= 0.6 is 22.9 Å². The van der Waals surface area contributed by atoms with Gasteiger partial charge in [-0.25, -0.2) is 4.79 Å². The lowest BCUT2D eigenvalue weighted by atomic mass is 10.2. The molecule has 1 aliphatic heterocycles. The molecule has 36 heavy (non-hydrogen) atoms. The number of benzene rings is 1. The number of ether oxygens (including phenoxy) is 2. The zero-order valence-electron chi connectivity index (χ0n) is 18.7. The fraction of sp³-hybridized carbons (Fsp3) is 0.333. The van der Waals surface area contributed by atoms with Gasteiger partial charge in [-0.1, -0.05) is 11.6 Å². The first-order chi connectivity index (χ1) is 17.2. The van der Waals surface area contributed by atoms with E-state index in [-0.39, 0.29) is 23.1 Å². The molecule has 2 N–H and O–H groups in total. The number of amides is 4. The highest BCUT2D eigenvalue weighted by Gasteiger charge is 2.31. The van der Waals surface area contributed by atoms with Crippen LogP contribution in [0, 0.1) is 0 Å². The Morgan fingerprint density at radius 3 is 2.53 bits per heavy atom. The molecule has 0 saturated carbocycles. The van der Waals surface area contributed by atoms with Gasteiger partial charge in [-0.15, -0.1) is 11.3 Å². The van der Waals surface area contributed by atoms with E-state index >= 15 is 0 Å². The first-order valence-electron chi connectivity index (χ1n) is 10.3. The standard InChI is InChI=1S/C21H21ClF2N4O7S/c1-33-21(32)26-14(10-25-18(30)15-6-7-16(22)36-15)19(31)28(35-20(23)24)13-4-2-12(3-5-13)27-8-9-34-11-17(27)29/h2-7,14,20H,8-11H2,1H3,(H,25,30)(H,26,32)/t14-/m0/s1. The van der Waals surface area contributed by atoms with E-state index in [1.807, 2.05) is 0 Å². The molecular formula is C21H21ClF2N4O7S. The predicted octanol–water partition coefficient (Wildman–Crippen LogP) is 2.41. The van der Waals surface area contributed by atoms with Crippen molar-refractivity contribution < 1.29 is 42.3 Å². The number of alkyl halides is 2. The average molecular weight is 547 g/mol. The monoisotopic (exact) mass is 546 g/mol. The number of hydroxylamine groups is 1. The Bertz CT molecular complexity index is 1100. The summed E-state index contributed by atoms with van der Waals surface area (Å²) in [4.78, 5) is 55.5. The maximum absolute atomic E-state index is 13.2. The van der Waals surface area contributed by atoms with E-state index in [2.05, 4.69) is 20.2 Å². The van der Waals surface area contributed by atoms with Crippen molar-refractivity contribution >= 4 is 58.1 Å². The maximum atomic E-state index is 13.2. The summed E-state index contributed by atoms with van der Waals surface area (Å²) >= 11 is 6.81. The second-order valence-corrected chi connectivity index (χ2v) is 8.83. The summed E-state index contributed by atoms with van der Waals surface area (Å²) in [5.74, 6) is -2.01. The molecule has 0 aliphatic carbocycles. The number of hydrogen-bond donors (Lipinski definition) is 2. The molecule has 2 heterocycles. The molecular weight excluding hydrogens is 526 g/mol. The van der Waals surface area contributed by atoms with E-state index in [0.717, 1.165) is 18.4 Å². The fourth-order valence-corrected chi connectivity index (χ4v) is 4.10. The van der Waals surface area contributed by atoms with Crippen molar-refractivity contribution in [3.05, 3.63) is 45.6 Å². The van der Waals surface area contributed by atoms with E-state index in [9.17, 15) is 28.0 Å². The molecule has 3 rings (SSSR count). The molecule has 15 heteroatoms. The number of morpholine rings is 1. The van der Waals surface area contributed by atoms with Gasteiger partial charge in [0.1, 0.15) is 12.6 Å². The molecule has 11 nitrogen and oxygen atoms in total. The third-order valence-electron chi connectivity index (χ3n) is 4.81. The first kappa shape index (κ1) is 27.3. The molecule has 194 valence electrons. The van der Waals surface area contributed by atoms with Crippen LogP contribution < -0.4 is 20.6 Å². The van der Waals surface area contributed by atoms with E-state index in [1.54, 1.807) is 0 Å². The number of thiophene rings is 1. The topological polar surface area (TPSA) is 127 Å². The minimum Gasteiger partial charge on any atom is -0.453 e. The van der Waals surface area contributed by atoms with Crippen LogP contribution in [0.15, 0.2) is 36.4 Å². The lowest BCUT2D eigenvalue weighted by Gasteiger charge is -2.28. The fourth-order valence-electron chi connectivity index (χ4n) is 3.14. The van der Waals surface area contributed by atoms with Crippen LogP contribution in [0.4, 0.5) is 25.0 Å². The summed E-state index contributed by atoms with van der Waals surface area (Å²) in [6.45, 7) is -3.33. The second kappa shape index (κ2) is 12.6. The predicted molar refractivity (Wildman–Crippen MR) is 125 cm³/mol. The maximum Gasteiger partial charge on any atom is 0.407 e. The quantitative estimate of drug-likeness (QED) is 0.462.